The second-order valence-electron chi connectivity index (χ2n) is 7.95. The van der Waals surface area contributed by atoms with E-state index in [0.29, 0.717) is 11.3 Å². The summed E-state index contributed by atoms with van der Waals surface area (Å²) in [5.41, 5.74) is 3.03. The fourth-order valence-corrected chi connectivity index (χ4v) is 3.50. The Balaban J connectivity index is 1.94. The molecule has 0 aromatic heterocycles. The topological polar surface area (TPSA) is 67.9 Å². The number of amides is 2. The van der Waals surface area contributed by atoms with Crippen LogP contribution >= 0.6 is 0 Å². The van der Waals surface area contributed by atoms with E-state index in [0.717, 1.165) is 28.2 Å². The van der Waals surface area contributed by atoms with Crippen LogP contribution in [0.25, 0.3) is 5.57 Å². The second kappa shape index (κ2) is 9.66. The zero-order valence-corrected chi connectivity index (χ0v) is 18.7. The molecule has 9 heteroatoms. The Morgan fingerprint density at radius 1 is 1.00 bits per heavy atom. The summed E-state index contributed by atoms with van der Waals surface area (Å²) in [5.74, 6) is -1.38. The van der Waals surface area contributed by atoms with E-state index in [4.69, 9.17) is 4.74 Å². The third-order valence-electron chi connectivity index (χ3n) is 4.94. The van der Waals surface area contributed by atoms with Crippen molar-refractivity contribution in [3.63, 3.8) is 0 Å². The predicted octanol–water partition coefficient (Wildman–Crippen LogP) is 4.82. The number of alkyl halides is 3. The van der Waals surface area contributed by atoms with Gasteiger partial charge < -0.3 is 14.8 Å². The number of imide groups is 1. The van der Waals surface area contributed by atoms with Crippen LogP contribution in [0.3, 0.4) is 0 Å². The Labute approximate surface area is 190 Å². The van der Waals surface area contributed by atoms with Crippen molar-refractivity contribution in [2.45, 2.75) is 40.2 Å². The number of nitrogens with zero attached hydrogens (tertiary/aromatic N) is 1. The molecule has 1 aliphatic rings. The van der Waals surface area contributed by atoms with Crippen LogP contribution in [0, 0.1) is 13.8 Å². The average Bonchev–Trinajstić information content (AvgIpc) is 2.93. The molecule has 0 aliphatic carbocycles. The molecule has 0 radical (unpaired) electrons. The molecule has 1 aliphatic heterocycles. The number of nitrogens with one attached hydrogen (secondary N) is 1. The molecule has 33 heavy (non-hydrogen) atoms. The van der Waals surface area contributed by atoms with Crippen molar-refractivity contribution in [3.8, 4) is 5.75 Å². The van der Waals surface area contributed by atoms with Crippen LogP contribution in [0.1, 0.15) is 30.5 Å². The van der Waals surface area contributed by atoms with E-state index >= 15 is 0 Å². The van der Waals surface area contributed by atoms with Crippen LogP contribution in [-0.2, 0) is 14.3 Å². The summed E-state index contributed by atoms with van der Waals surface area (Å²) in [7, 11) is 0. The van der Waals surface area contributed by atoms with Crippen LogP contribution < -0.4 is 10.1 Å². The van der Waals surface area contributed by atoms with E-state index in [1.165, 1.54) is 12.1 Å². The number of halogens is 3. The Kier molecular flexibility index (Phi) is 7.12. The third-order valence-corrected chi connectivity index (χ3v) is 4.94. The summed E-state index contributed by atoms with van der Waals surface area (Å²) in [4.78, 5) is 27.5. The molecular weight excluding hydrogens is 437 g/mol. The maximum absolute atomic E-state index is 13.2. The Bertz CT molecular complexity index is 1080. The SMILES string of the molecule is Cc1ccc(C2=C(Nc3ccc(OC(F)(F)F)cc3)C(=O)N(CCOC(C)C)C2=O)c(C)c1. The lowest BCUT2D eigenvalue weighted by Gasteiger charge is -2.16. The summed E-state index contributed by atoms with van der Waals surface area (Å²) in [5, 5.41) is 2.92. The van der Waals surface area contributed by atoms with Crippen molar-refractivity contribution in [1.82, 2.24) is 4.90 Å². The van der Waals surface area contributed by atoms with Crippen molar-refractivity contribution in [2.75, 3.05) is 18.5 Å². The van der Waals surface area contributed by atoms with Gasteiger partial charge in [0.25, 0.3) is 11.8 Å². The second-order valence-corrected chi connectivity index (χ2v) is 7.95. The predicted molar refractivity (Wildman–Crippen MR) is 117 cm³/mol. The first-order valence-electron chi connectivity index (χ1n) is 10.4. The Morgan fingerprint density at radius 3 is 2.24 bits per heavy atom. The van der Waals surface area contributed by atoms with Gasteiger partial charge in [-0.05, 0) is 63.1 Å². The molecule has 0 fully saturated rings. The molecule has 0 spiro atoms. The van der Waals surface area contributed by atoms with E-state index in [-0.39, 0.29) is 30.5 Å². The number of ether oxygens (including phenoxy) is 2. The standard InChI is InChI=1S/C24H25F3N2O4/c1-14(2)32-12-11-29-22(30)20(19-10-5-15(3)13-16(19)4)21(23(29)31)28-17-6-8-18(9-7-17)33-24(25,26)27/h5-10,13-14,28H,11-12H2,1-4H3. The molecule has 0 saturated heterocycles. The maximum atomic E-state index is 13.2. The number of rotatable bonds is 8. The minimum Gasteiger partial charge on any atom is -0.406 e. The fraction of sp³-hybridized carbons (Fsp3) is 0.333. The van der Waals surface area contributed by atoms with Crippen molar-refractivity contribution < 1.29 is 32.2 Å². The van der Waals surface area contributed by atoms with E-state index in [1.807, 2.05) is 39.8 Å². The van der Waals surface area contributed by atoms with Crippen molar-refractivity contribution in [1.29, 1.82) is 0 Å². The zero-order chi connectivity index (χ0) is 24.3. The summed E-state index contributed by atoms with van der Waals surface area (Å²) in [6.45, 7) is 7.74. The smallest absolute Gasteiger partial charge is 0.406 e. The fourth-order valence-electron chi connectivity index (χ4n) is 3.50. The molecule has 0 saturated carbocycles. The van der Waals surface area contributed by atoms with Crippen molar-refractivity contribution in [3.05, 3.63) is 64.9 Å². The summed E-state index contributed by atoms with van der Waals surface area (Å²) in [6.07, 6.45) is -4.86. The van der Waals surface area contributed by atoms with E-state index in [9.17, 15) is 22.8 Å². The molecular formula is C24H25F3N2O4. The van der Waals surface area contributed by atoms with Crippen LogP contribution in [0.2, 0.25) is 0 Å². The van der Waals surface area contributed by atoms with Gasteiger partial charge in [-0.1, -0.05) is 23.8 Å². The summed E-state index contributed by atoms with van der Waals surface area (Å²) < 4.78 is 46.6. The van der Waals surface area contributed by atoms with Crippen molar-refractivity contribution >= 4 is 23.1 Å². The van der Waals surface area contributed by atoms with Gasteiger partial charge >= 0.3 is 6.36 Å². The molecule has 1 heterocycles. The van der Waals surface area contributed by atoms with E-state index < -0.39 is 23.9 Å². The Morgan fingerprint density at radius 2 is 1.67 bits per heavy atom. The minimum absolute atomic E-state index is 0.0559. The molecule has 2 aromatic carbocycles. The molecule has 0 bridgehead atoms. The van der Waals surface area contributed by atoms with Gasteiger partial charge in [-0.25, -0.2) is 0 Å². The first-order valence-corrected chi connectivity index (χ1v) is 10.4. The number of benzene rings is 2. The molecule has 2 aromatic rings. The molecule has 176 valence electrons. The molecule has 2 amide bonds. The van der Waals surface area contributed by atoms with Gasteiger partial charge in [0.15, 0.2) is 0 Å². The highest BCUT2D eigenvalue weighted by Gasteiger charge is 2.39. The first kappa shape index (κ1) is 24.3. The summed E-state index contributed by atoms with van der Waals surface area (Å²) >= 11 is 0. The van der Waals surface area contributed by atoms with Crippen LogP contribution in [0.15, 0.2) is 48.2 Å². The first-order chi connectivity index (χ1) is 15.5. The van der Waals surface area contributed by atoms with Gasteiger partial charge in [0, 0.05) is 5.69 Å². The molecule has 6 nitrogen and oxygen atoms in total. The lowest BCUT2D eigenvalue weighted by molar-refractivity contribution is -0.274. The molecule has 1 N–H and O–H groups in total. The molecule has 0 unspecified atom stereocenters. The van der Waals surface area contributed by atoms with Crippen LogP contribution in [0.4, 0.5) is 18.9 Å². The number of carbonyl (C=O) groups is 2. The van der Waals surface area contributed by atoms with Gasteiger partial charge in [-0.2, -0.15) is 0 Å². The van der Waals surface area contributed by atoms with Gasteiger partial charge in [0.05, 0.1) is 24.8 Å². The van der Waals surface area contributed by atoms with Gasteiger partial charge in [-0.15, -0.1) is 13.2 Å². The van der Waals surface area contributed by atoms with E-state index in [2.05, 4.69) is 10.1 Å². The lowest BCUT2D eigenvalue weighted by atomic mass is 9.97. The molecule has 0 atom stereocenters. The van der Waals surface area contributed by atoms with Crippen LogP contribution in [-0.4, -0.2) is 42.3 Å². The number of hydrogen-bond acceptors (Lipinski definition) is 5. The third kappa shape index (κ3) is 5.92. The average molecular weight is 462 g/mol. The largest absolute Gasteiger partial charge is 0.573 e. The highest BCUT2D eigenvalue weighted by molar-refractivity contribution is 6.36. The minimum atomic E-state index is -4.81. The highest BCUT2D eigenvalue weighted by Crippen LogP contribution is 2.33. The molecule has 3 rings (SSSR count). The number of carbonyl (C=O) groups excluding carboxylic acids is 2. The number of aryl methyl sites for hydroxylation is 2. The van der Waals surface area contributed by atoms with Gasteiger partial charge in [0.1, 0.15) is 11.4 Å². The van der Waals surface area contributed by atoms with Crippen LogP contribution in [0.5, 0.6) is 5.75 Å². The van der Waals surface area contributed by atoms with E-state index in [1.54, 1.807) is 6.07 Å². The number of hydrogen-bond donors (Lipinski definition) is 1. The van der Waals surface area contributed by atoms with Gasteiger partial charge in [0.2, 0.25) is 0 Å². The Hall–Kier alpha value is -3.33. The monoisotopic (exact) mass is 462 g/mol. The quantitative estimate of drug-likeness (QED) is 0.570. The lowest BCUT2D eigenvalue weighted by Crippen LogP contribution is -2.35. The highest BCUT2D eigenvalue weighted by atomic mass is 19.4. The van der Waals surface area contributed by atoms with Crippen molar-refractivity contribution in [2.24, 2.45) is 0 Å². The zero-order valence-electron chi connectivity index (χ0n) is 18.7. The maximum Gasteiger partial charge on any atom is 0.573 e. The summed E-state index contributed by atoms with van der Waals surface area (Å²) in [6, 6.07) is 10.5. The number of anilines is 1. The van der Waals surface area contributed by atoms with Gasteiger partial charge in [-0.3, -0.25) is 14.5 Å². The normalized spacial score (nSPS) is 14.5.